The van der Waals surface area contributed by atoms with Crippen molar-refractivity contribution in [3.8, 4) is 0 Å². The van der Waals surface area contributed by atoms with Gasteiger partial charge in [0.25, 0.3) is 23.3 Å². The number of aliphatic hydroxyl groups excluding tert-OH is 1. The third-order valence-corrected chi connectivity index (χ3v) is 7.28. The molecule has 4 rings (SSSR count). The lowest BCUT2D eigenvalue weighted by atomic mass is 9.87. The molecule has 4 aliphatic rings. The van der Waals surface area contributed by atoms with Crippen LogP contribution in [-0.4, -0.2) is 65.4 Å². The largest absolute Gasteiger partial charge is 0.480 e. The lowest BCUT2D eigenvalue weighted by Gasteiger charge is -2.45. The summed E-state index contributed by atoms with van der Waals surface area (Å²) in [7, 11) is 1.21. The Bertz CT molecular complexity index is 1480. The lowest BCUT2D eigenvalue weighted by molar-refractivity contribution is -0.291. The van der Waals surface area contributed by atoms with Gasteiger partial charge >= 0.3 is 35.8 Å². The van der Waals surface area contributed by atoms with Crippen molar-refractivity contribution in [3.63, 3.8) is 0 Å². The molecule has 1 aliphatic carbocycles. The second kappa shape index (κ2) is 13.7. The first-order chi connectivity index (χ1) is 21.8. The molecule has 3 heterocycles. The SMILES string of the molecule is C/C=C/C=C/C=C1C(=O)OC2(CCC3(CC2)OC(=O)C(=C/C=C/C=C/C2=C(O)OC(C)(CCC(=O)OC)OC2=O)C(=O)O3)OC1=O. The van der Waals surface area contributed by atoms with Crippen LogP contribution in [0.5, 0.6) is 0 Å². The molecule has 0 aromatic rings. The second-order valence-corrected chi connectivity index (χ2v) is 10.6. The Morgan fingerprint density at radius 2 is 1.20 bits per heavy atom. The van der Waals surface area contributed by atoms with Crippen molar-refractivity contribution < 1.29 is 67.0 Å². The predicted molar refractivity (Wildman–Crippen MR) is 153 cm³/mol. The first kappa shape index (κ1) is 33.5. The summed E-state index contributed by atoms with van der Waals surface area (Å²) in [5.74, 6) is -10.5. The van der Waals surface area contributed by atoms with E-state index in [-0.39, 0.29) is 49.7 Å². The Labute approximate surface area is 263 Å². The smallest absolute Gasteiger partial charge is 0.348 e. The van der Waals surface area contributed by atoms with Crippen LogP contribution in [0.3, 0.4) is 0 Å². The van der Waals surface area contributed by atoms with Gasteiger partial charge in [-0.1, -0.05) is 42.5 Å². The van der Waals surface area contributed by atoms with Crippen LogP contribution in [-0.2, 0) is 61.9 Å². The Hall–Kier alpha value is -5.40. The van der Waals surface area contributed by atoms with Gasteiger partial charge in [0, 0.05) is 39.0 Å². The molecule has 3 aliphatic heterocycles. The fourth-order valence-electron chi connectivity index (χ4n) is 4.78. The van der Waals surface area contributed by atoms with Crippen LogP contribution < -0.4 is 0 Å². The minimum Gasteiger partial charge on any atom is -0.480 e. The second-order valence-electron chi connectivity index (χ2n) is 10.6. The number of cyclic esters (lactones) is 1. The highest BCUT2D eigenvalue weighted by molar-refractivity contribution is 6.16. The number of methoxy groups -OCH3 is 1. The molecule has 0 radical (unpaired) electrons. The van der Waals surface area contributed by atoms with E-state index in [0.29, 0.717) is 0 Å². The van der Waals surface area contributed by atoms with E-state index in [2.05, 4.69) is 4.74 Å². The molecular weight excluding hydrogens is 608 g/mol. The molecule has 244 valence electrons. The van der Waals surface area contributed by atoms with E-state index in [1.54, 1.807) is 18.2 Å². The van der Waals surface area contributed by atoms with E-state index in [4.69, 9.17) is 28.4 Å². The van der Waals surface area contributed by atoms with Gasteiger partial charge in [-0.15, -0.1) is 0 Å². The Morgan fingerprint density at radius 3 is 1.63 bits per heavy atom. The molecule has 0 aromatic heterocycles. The van der Waals surface area contributed by atoms with Gasteiger partial charge in [0.2, 0.25) is 0 Å². The fourth-order valence-corrected chi connectivity index (χ4v) is 4.78. The molecule has 1 N–H and O–H groups in total. The van der Waals surface area contributed by atoms with Crippen LogP contribution in [0.4, 0.5) is 0 Å². The van der Waals surface area contributed by atoms with Crippen molar-refractivity contribution >= 4 is 35.8 Å². The lowest BCUT2D eigenvalue weighted by Crippen LogP contribution is -2.56. The van der Waals surface area contributed by atoms with Crippen LogP contribution >= 0.6 is 0 Å². The van der Waals surface area contributed by atoms with Crippen molar-refractivity contribution in [2.75, 3.05) is 7.11 Å². The van der Waals surface area contributed by atoms with Crippen molar-refractivity contribution in [2.24, 2.45) is 0 Å². The van der Waals surface area contributed by atoms with Crippen LogP contribution in [0.25, 0.3) is 0 Å². The highest BCUT2D eigenvalue weighted by Gasteiger charge is 2.56. The minimum atomic E-state index is -1.62. The quantitative estimate of drug-likeness (QED) is 0.134. The van der Waals surface area contributed by atoms with Gasteiger partial charge in [0.1, 0.15) is 16.7 Å². The van der Waals surface area contributed by atoms with Crippen molar-refractivity contribution in [1.82, 2.24) is 0 Å². The van der Waals surface area contributed by atoms with Crippen LogP contribution in [0.15, 0.2) is 83.4 Å². The highest BCUT2D eigenvalue weighted by atomic mass is 16.8. The van der Waals surface area contributed by atoms with Gasteiger partial charge < -0.3 is 38.3 Å². The van der Waals surface area contributed by atoms with E-state index in [1.807, 2.05) is 6.92 Å². The summed E-state index contributed by atoms with van der Waals surface area (Å²) < 4.78 is 36.9. The van der Waals surface area contributed by atoms with E-state index in [9.17, 15) is 33.9 Å². The van der Waals surface area contributed by atoms with Crippen molar-refractivity contribution in [3.05, 3.63) is 83.4 Å². The Kier molecular flexibility index (Phi) is 9.98. The van der Waals surface area contributed by atoms with E-state index < -0.39 is 64.7 Å². The summed E-state index contributed by atoms with van der Waals surface area (Å²) >= 11 is 0. The van der Waals surface area contributed by atoms with Gasteiger partial charge in [0.05, 0.1) is 13.5 Å². The normalized spacial score (nSPS) is 28.5. The summed E-state index contributed by atoms with van der Waals surface area (Å²) in [6.45, 7) is 3.19. The molecule has 1 atom stereocenters. The molecule has 14 nitrogen and oxygen atoms in total. The maximum absolute atomic E-state index is 12.7. The zero-order valence-electron chi connectivity index (χ0n) is 25.3. The summed E-state index contributed by atoms with van der Waals surface area (Å²) in [5.41, 5.74) is -0.976. The molecule has 46 heavy (non-hydrogen) atoms. The van der Waals surface area contributed by atoms with Gasteiger partial charge in [-0.2, -0.15) is 0 Å². The molecule has 0 aromatic carbocycles. The summed E-state index contributed by atoms with van der Waals surface area (Å²) in [5, 5.41) is 10.2. The van der Waals surface area contributed by atoms with Gasteiger partial charge in [-0.05, 0) is 25.2 Å². The number of ether oxygens (including phenoxy) is 7. The fraction of sp³-hybridized carbons (Fsp3) is 0.375. The van der Waals surface area contributed by atoms with Crippen molar-refractivity contribution in [2.45, 2.75) is 69.7 Å². The zero-order chi connectivity index (χ0) is 33.5. The zero-order valence-corrected chi connectivity index (χ0v) is 25.3. The predicted octanol–water partition coefficient (Wildman–Crippen LogP) is 3.26. The number of rotatable bonds is 8. The van der Waals surface area contributed by atoms with E-state index >= 15 is 0 Å². The first-order valence-electron chi connectivity index (χ1n) is 14.2. The Balaban J connectivity index is 1.33. The summed E-state index contributed by atoms with van der Waals surface area (Å²) in [6, 6.07) is 0. The van der Waals surface area contributed by atoms with Gasteiger partial charge in [-0.25, -0.2) is 24.0 Å². The number of hydrogen-bond donors (Lipinski definition) is 1. The monoisotopic (exact) mass is 640 g/mol. The molecule has 2 saturated heterocycles. The van der Waals surface area contributed by atoms with Gasteiger partial charge in [0.15, 0.2) is 0 Å². The maximum Gasteiger partial charge on any atom is 0.348 e. The molecule has 0 bridgehead atoms. The van der Waals surface area contributed by atoms with Gasteiger partial charge in [-0.3, -0.25) is 4.79 Å². The van der Waals surface area contributed by atoms with E-state index in [0.717, 1.165) is 6.08 Å². The molecule has 1 unspecified atom stereocenters. The summed E-state index contributed by atoms with van der Waals surface area (Å²) in [4.78, 5) is 74.3. The molecule has 0 amide bonds. The van der Waals surface area contributed by atoms with Crippen LogP contribution in [0, 0.1) is 0 Å². The third kappa shape index (κ3) is 7.62. The maximum atomic E-state index is 12.7. The third-order valence-electron chi connectivity index (χ3n) is 7.28. The van der Waals surface area contributed by atoms with E-state index in [1.165, 1.54) is 50.5 Å². The molecule has 1 saturated carbocycles. The van der Waals surface area contributed by atoms with Crippen LogP contribution in [0.1, 0.15) is 52.4 Å². The summed E-state index contributed by atoms with van der Waals surface area (Å²) in [6.07, 6.45) is 13.7. The first-order valence-corrected chi connectivity index (χ1v) is 14.2. The van der Waals surface area contributed by atoms with Crippen molar-refractivity contribution in [1.29, 1.82) is 0 Å². The molecule has 14 heteroatoms. The molecule has 2 spiro atoms. The number of allylic oxidation sites excluding steroid dienone is 9. The molecule has 3 fully saturated rings. The average molecular weight is 641 g/mol. The topological polar surface area (TPSA) is 187 Å². The number of esters is 6. The standard InChI is InChI=1S/C32H32O14/c1-4-5-6-8-11-21-26(36)43-31(44-27(21)37)16-18-32(19-17-31)45-28(38)22(29(39)46-32)13-10-7-9-12-20-24(34)41-30(2,42-25(20)35)15-14-23(33)40-3/h4-13,34H,14-19H2,1-3H3/b5-4+,8-6+,10-7+,12-9+,21-11?,22-13?. The highest BCUT2D eigenvalue weighted by Crippen LogP contribution is 2.45. The minimum absolute atomic E-state index is 0.0524. The molecular formula is C32H32O14. The number of carbonyl (C=O) groups is 6. The average Bonchev–Trinajstić information content (AvgIpc) is 2.99. The van der Waals surface area contributed by atoms with Crippen LogP contribution in [0.2, 0.25) is 0 Å². The number of hydrogen-bond acceptors (Lipinski definition) is 14. The number of carbonyl (C=O) groups excluding carboxylic acids is 6. The number of aliphatic hydroxyl groups is 1. The Morgan fingerprint density at radius 1 is 0.717 bits per heavy atom.